The van der Waals surface area contributed by atoms with Crippen LogP contribution in [0.2, 0.25) is 0 Å². The summed E-state index contributed by atoms with van der Waals surface area (Å²) in [6.45, 7) is -0.274. The molecule has 0 aromatic heterocycles. The molecule has 1 aliphatic rings. The van der Waals surface area contributed by atoms with E-state index in [9.17, 15) is 22.0 Å². The molecule has 1 saturated heterocycles. The van der Waals surface area contributed by atoms with E-state index in [1.165, 1.54) is 11.0 Å². The van der Waals surface area contributed by atoms with E-state index in [1.54, 1.807) is 0 Å². The summed E-state index contributed by atoms with van der Waals surface area (Å²) < 4.78 is 64.5. The molecule has 2 nitrogen and oxygen atoms in total. The van der Waals surface area contributed by atoms with Crippen LogP contribution in [-0.2, 0) is 6.18 Å². The summed E-state index contributed by atoms with van der Waals surface area (Å²) in [5.74, 6) is -2.87. The van der Waals surface area contributed by atoms with Crippen molar-refractivity contribution in [1.29, 1.82) is 0 Å². The number of benzene rings is 1. The molecule has 1 aliphatic heterocycles. The van der Waals surface area contributed by atoms with Crippen molar-refractivity contribution in [2.75, 3.05) is 23.7 Å². The first-order valence-electron chi connectivity index (χ1n) is 5.78. The minimum absolute atomic E-state index is 0.0845. The molecule has 19 heavy (non-hydrogen) atoms. The highest BCUT2D eigenvalue weighted by Crippen LogP contribution is 2.36. The number of nitrogens with two attached hydrogens (primary N) is 1. The monoisotopic (exact) mass is 280 g/mol. The lowest BCUT2D eigenvalue weighted by Gasteiger charge is -2.34. The van der Waals surface area contributed by atoms with Gasteiger partial charge in [-0.15, -0.1) is 0 Å². The van der Waals surface area contributed by atoms with Crippen LogP contribution < -0.4 is 10.6 Å². The van der Waals surface area contributed by atoms with Crippen molar-refractivity contribution >= 4 is 11.4 Å². The number of nitrogen functional groups attached to an aromatic ring is 1. The van der Waals surface area contributed by atoms with Gasteiger partial charge in [-0.3, -0.25) is 0 Å². The van der Waals surface area contributed by atoms with Gasteiger partial charge >= 0.3 is 6.18 Å². The second kappa shape index (κ2) is 4.54. The van der Waals surface area contributed by atoms with Gasteiger partial charge in [-0.1, -0.05) is 0 Å². The normalized spacial score (nSPS) is 19.5. The number of hydrogen-bond donors (Lipinski definition) is 1. The summed E-state index contributed by atoms with van der Waals surface area (Å²) in [6.07, 6.45) is -4.54. The molecule has 106 valence electrons. The van der Waals surface area contributed by atoms with Crippen LogP contribution in [0.5, 0.6) is 0 Å². The lowest BCUT2D eigenvalue weighted by Crippen LogP contribution is -2.42. The molecule has 0 atom stereocenters. The number of nitrogens with zero attached hydrogens (tertiary/aromatic N) is 1. The van der Waals surface area contributed by atoms with E-state index >= 15 is 0 Å². The van der Waals surface area contributed by atoms with Gasteiger partial charge in [-0.25, -0.2) is 8.78 Å². The molecule has 0 radical (unpaired) electrons. The third kappa shape index (κ3) is 3.27. The maximum atomic E-state index is 13.3. The lowest BCUT2D eigenvalue weighted by molar-refractivity contribution is -0.137. The minimum Gasteiger partial charge on any atom is -0.399 e. The van der Waals surface area contributed by atoms with Crippen LogP contribution in [0.3, 0.4) is 0 Å². The molecular weight excluding hydrogens is 267 g/mol. The number of hydrogen-bond acceptors (Lipinski definition) is 2. The highest BCUT2D eigenvalue weighted by Gasteiger charge is 2.36. The van der Waals surface area contributed by atoms with Crippen molar-refractivity contribution in [3.63, 3.8) is 0 Å². The Bertz CT molecular complexity index is 470. The third-order valence-electron chi connectivity index (χ3n) is 3.03. The predicted molar refractivity (Wildman–Crippen MR) is 62.3 cm³/mol. The van der Waals surface area contributed by atoms with Crippen LogP contribution in [-0.4, -0.2) is 19.0 Å². The summed E-state index contributed by atoms with van der Waals surface area (Å²) in [4.78, 5) is 1.25. The number of rotatable bonds is 1. The Kier molecular flexibility index (Phi) is 3.32. The van der Waals surface area contributed by atoms with Gasteiger partial charge in [0, 0.05) is 24.3 Å². The fourth-order valence-electron chi connectivity index (χ4n) is 2.17. The van der Waals surface area contributed by atoms with Gasteiger partial charge in [0.05, 0.1) is 12.1 Å². The quantitative estimate of drug-likeness (QED) is 0.630. The fourth-order valence-corrected chi connectivity index (χ4v) is 2.17. The molecule has 0 saturated carbocycles. The average molecular weight is 280 g/mol. The van der Waals surface area contributed by atoms with Crippen molar-refractivity contribution in [3.05, 3.63) is 23.8 Å². The Hall–Kier alpha value is -1.53. The minimum atomic E-state index is -4.54. The Morgan fingerprint density at radius 1 is 1.16 bits per heavy atom. The zero-order valence-corrected chi connectivity index (χ0v) is 9.97. The smallest absolute Gasteiger partial charge is 0.399 e. The highest BCUT2D eigenvalue weighted by molar-refractivity contribution is 5.59. The largest absolute Gasteiger partial charge is 0.416 e. The predicted octanol–water partition coefficient (Wildman–Crippen LogP) is 3.52. The molecule has 0 unspecified atom stereocenters. The van der Waals surface area contributed by atoms with E-state index in [-0.39, 0.29) is 24.2 Å². The van der Waals surface area contributed by atoms with E-state index in [4.69, 9.17) is 5.73 Å². The zero-order valence-electron chi connectivity index (χ0n) is 9.97. The molecule has 1 aromatic carbocycles. The standard InChI is InChI=1S/C12H13F5N2/c13-11(14)2-1-3-19(7-11)10-5-8(12(15,16)17)4-9(18)6-10/h4-6H,1-3,7,18H2. The molecule has 0 aliphatic carbocycles. The van der Waals surface area contributed by atoms with Crippen LogP contribution in [0.4, 0.5) is 33.3 Å². The summed E-state index contributed by atoms with van der Waals surface area (Å²) in [6, 6.07) is 2.94. The van der Waals surface area contributed by atoms with Gasteiger partial charge in [-0.05, 0) is 24.6 Å². The molecule has 7 heteroatoms. The number of piperidine rings is 1. The van der Waals surface area contributed by atoms with Crippen molar-refractivity contribution in [1.82, 2.24) is 0 Å². The van der Waals surface area contributed by atoms with Gasteiger partial charge in [0.25, 0.3) is 5.92 Å². The van der Waals surface area contributed by atoms with E-state index in [1.807, 2.05) is 0 Å². The third-order valence-corrected chi connectivity index (χ3v) is 3.03. The summed E-state index contributed by atoms with van der Waals surface area (Å²) in [7, 11) is 0. The lowest BCUT2D eigenvalue weighted by atomic mass is 10.1. The van der Waals surface area contributed by atoms with E-state index in [2.05, 4.69) is 0 Å². The van der Waals surface area contributed by atoms with Gasteiger partial charge in [0.2, 0.25) is 0 Å². The Balaban J connectivity index is 2.32. The van der Waals surface area contributed by atoms with Crippen molar-refractivity contribution in [2.45, 2.75) is 24.9 Å². The molecule has 0 spiro atoms. The summed E-state index contributed by atoms with van der Waals surface area (Å²) in [5, 5.41) is 0. The van der Waals surface area contributed by atoms with Crippen molar-refractivity contribution < 1.29 is 22.0 Å². The SMILES string of the molecule is Nc1cc(N2CCCC(F)(F)C2)cc(C(F)(F)F)c1. The maximum absolute atomic E-state index is 13.3. The Labute approximate surface area is 107 Å². The van der Waals surface area contributed by atoms with Crippen LogP contribution in [0.15, 0.2) is 18.2 Å². The molecule has 0 bridgehead atoms. The van der Waals surface area contributed by atoms with Gasteiger partial charge in [0.15, 0.2) is 0 Å². The van der Waals surface area contributed by atoms with Crippen LogP contribution in [0, 0.1) is 0 Å². The number of anilines is 2. The first kappa shape index (κ1) is 13.9. The molecule has 1 aromatic rings. The molecule has 1 heterocycles. The molecule has 1 fully saturated rings. The van der Waals surface area contributed by atoms with E-state index in [0.717, 1.165) is 12.1 Å². The summed E-state index contributed by atoms with van der Waals surface area (Å²) >= 11 is 0. The zero-order chi connectivity index (χ0) is 14.3. The Morgan fingerprint density at radius 3 is 2.42 bits per heavy atom. The molecule has 0 amide bonds. The molecular formula is C12H13F5N2. The first-order valence-corrected chi connectivity index (χ1v) is 5.78. The van der Waals surface area contributed by atoms with Gasteiger partial charge in [-0.2, -0.15) is 13.2 Å². The van der Waals surface area contributed by atoms with Crippen LogP contribution >= 0.6 is 0 Å². The number of alkyl halides is 5. The average Bonchev–Trinajstić information content (AvgIpc) is 2.25. The highest BCUT2D eigenvalue weighted by atomic mass is 19.4. The second-order valence-corrected chi connectivity index (χ2v) is 4.69. The first-order chi connectivity index (χ1) is 8.67. The number of halogens is 5. The van der Waals surface area contributed by atoms with Gasteiger partial charge < -0.3 is 10.6 Å². The van der Waals surface area contributed by atoms with Crippen molar-refractivity contribution in [3.8, 4) is 0 Å². The fraction of sp³-hybridized carbons (Fsp3) is 0.500. The topological polar surface area (TPSA) is 29.3 Å². The van der Waals surface area contributed by atoms with E-state index in [0.29, 0.717) is 6.54 Å². The summed E-state index contributed by atoms with van der Waals surface area (Å²) in [5.41, 5.74) is 4.50. The van der Waals surface area contributed by atoms with Crippen LogP contribution in [0.1, 0.15) is 18.4 Å². The van der Waals surface area contributed by atoms with Crippen LogP contribution in [0.25, 0.3) is 0 Å². The van der Waals surface area contributed by atoms with Gasteiger partial charge in [0.1, 0.15) is 0 Å². The molecule has 2 rings (SSSR count). The van der Waals surface area contributed by atoms with Crippen molar-refractivity contribution in [2.24, 2.45) is 0 Å². The second-order valence-electron chi connectivity index (χ2n) is 4.69. The molecule has 2 N–H and O–H groups in total. The van der Waals surface area contributed by atoms with E-state index < -0.39 is 24.2 Å². The Morgan fingerprint density at radius 2 is 1.84 bits per heavy atom. The maximum Gasteiger partial charge on any atom is 0.416 e.